The molecule has 0 radical (unpaired) electrons. The summed E-state index contributed by atoms with van der Waals surface area (Å²) < 4.78 is 0. The molecule has 2 heterocycles. The second-order valence-electron chi connectivity index (χ2n) is 6.89. The lowest BCUT2D eigenvalue weighted by Crippen LogP contribution is -2.47. The van der Waals surface area contributed by atoms with Crippen molar-refractivity contribution in [1.82, 2.24) is 15.2 Å². The van der Waals surface area contributed by atoms with E-state index in [9.17, 15) is 0 Å². The van der Waals surface area contributed by atoms with Crippen LogP contribution in [0.3, 0.4) is 0 Å². The van der Waals surface area contributed by atoms with Gasteiger partial charge in [-0.25, -0.2) is 0 Å². The third-order valence-corrected chi connectivity index (χ3v) is 4.90. The average molecular weight is 286 g/mol. The number of anilines is 1. The zero-order valence-electron chi connectivity index (χ0n) is 12.8. The van der Waals surface area contributed by atoms with E-state index in [0.717, 1.165) is 31.6 Å². The Hall–Kier alpha value is -1.13. The summed E-state index contributed by atoms with van der Waals surface area (Å²) in [4.78, 5) is 9.66. The fourth-order valence-electron chi connectivity index (χ4n) is 3.15. The molecule has 3 aliphatic rings. The Balaban J connectivity index is 1.31. The highest BCUT2D eigenvalue weighted by atomic mass is 15.3. The molecule has 1 N–H and O–H groups in total. The van der Waals surface area contributed by atoms with Gasteiger partial charge in [0.2, 0.25) is 0 Å². The summed E-state index contributed by atoms with van der Waals surface area (Å²) >= 11 is 0. The van der Waals surface area contributed by atoms with Gasteiger partial charge in [-0.15, -0.1) is 0 Å². The molecule has 4 rings (SSSR count). The first-order valence-corrected chi connectivity index (χ1v) is 8.52. The van der Waals surface area contributed by atoms with Crippen molar-refractivity contribution in [2.45, 2.75) is 38.3 Å². The molecule has 0 spiro atoms. The Bertz CT molecular complexity index is 473. The van der Waals surface area contributed by atoms with Crippen LogP contribution in [0.1, 0.15) is 31.4 Å². The van der Waals surface area contributed by atoms with E-state index >= 15 is 0 Å². The van der Waals surface area contributed by atoms with Gasteiger partial charge in [0, 0.05) is 57.2 Å². The fraction of sp³-hybridized carbons (Fsp3) is 0.706. The van der Waals surface area contributed by atoms with Crippen molar-refractivity contribution >= 4 is 5.69 Å². The second kappa shape index (κ2) is 5.93. The molecule has 0 atom stereocenters. The van der Waals surface area contributed by atoms with Crippen molar-refractivity contribution in [2.75, 3.05) is 37.6 Å². The minimum absolute atomic E-state index is 0.751. The Kier molecular flexibility index (Phi) is 3.82. The standard InChI is InChI=1S/C17H26N4/c1-2-14(1)13-20-7-9-21(10-8-20)17-5-6-18-16(11-17)12-19-15-3-4-15/h5-6,11,14-15,19H,1-4,7-10,12-13H2. The first-order valence-electron chi connectivity index (χ1n) is 8.52. The van der Waals surface area contributed by atoms with Gasteiger partial charge in [0.1, 0.15) is 0 Å². The zero-order chi connectivity index (χ0) is 14.1. The minimum atomic E-state index is 0.751. The van der Waals surface area contributed by atoms with Gasteiger partial charge < -0.3 is 10.2 Å². The van der Waals surface area contributed by atoms with Crippen LogP contribution in [-0.4, -0.2) is 48.6 Å². The summed E-state index contributed by atoms with van der Waals surface area (Å²) in [5, 5.41) is 3.55. The Labute approximate surface area is 127 Å². The molecule has 1 aromatic rings. The molecule has 1 aromatic heterocycles. The number of nitrogens with zero attached hydrogens (tertiary/aromatic N) is 3. The first-order chi connectivity index (χ1) is 10.4. The molecule has 0 unspecified atom stereocenters. The van der Waals surface area contributed by atoms with Gasteiger partial charge in [-0.3, -0.25) is 9.88 Å². The van der Waals surface area contributed by atoms with E-state index in [-0.39, 0.29) is 0 Å². The number of rotatable bonds is 6. The first kappa shape index (κ1) is 13.5. The summed E-state index contributed by atoms with van der Waals surface area (Å²) in [6, 6.07) is 5.18. The van der Waals surface area contributed by atoms with Crippen molar-refractivity contribution in [1.29, 1.82) is 0 Å². The number of aromatic nitrogens is 1. The van der Waals surface area contributed by atoms with Crippen molar-refractivity contribution in [3.63, 3.8) is 0 Å². The van der Waals surface area contributed by atoms with Crippen LogP contribution in [0.5, 0.6) is 0 Å². The van der Waals surface area contributed by atoms with Crippen LogP contribution in [0.4, 0.5) is 5.69 Å². The molecule has 4 nitrogen and oxygen atoms in total. The van der Waals surface area contributed by atoms with E-state index < -0.39 is 0 Å². The number of hydrogen-bond donors (Lipinski definition) is 1. The summed E-state index contributed by atoms with van der Waals surface area (Å²) in [7, 11) is 0. The highest BCUT2D eigenvalue weighted by molar-refractivity contribution is 5.47. The molecule has 1 saturated heterocycles. The van der Waals surface area contributed by atoms with Crippen LogP contribution < -0.4 is 10.2 Å². The van der Waals surface area contributed by atoms with Crippen molar-refractivity contribution in [2.24, 2.45) is 5.92 Å². The third-order valence-electron chi connectivity index (χ3n) is 4.90. The van der Waals surface area contributed by atoms with E-state index in [1.165, 1.54) is 56.7 Å². The average Bonchev–Trinajstić information content (AvgIpc) is 3.41. The highest BCUT2D eigenvalue weighted by Crippen LogP contribution is 2.30. The van der Waals surface area contributed by atoms with E-state index in [1.54, 1.807) is 0 Å². The molecule has 0 bridgehead atoms. The number of hydrogen-bond acceptors (Lipinski definition) is 4. The van der Waals surface area contributed by atoms with Gasteiger partial charge in [0.05, 0.1) is 5.69 Å². The zero-order valence-corrected chi connectivity index (χ0v) is 12.8. The summed E-state index contributed by atoms with van der Waals surface area (Å²) in [6.45, 7) is 7.00. The van der Waals surface area contributed by atoms with Crippen LogP contribution in [0.2, 0.25) is 0 Å². The second-order valence-corrected chi connectivity index (χ2v) is 6.89. The molecular formula is C17H26N4. The van der Waals surface area contributed by atoms with E-state index in [0.29, 0.717) is 0 Å². The maximum Gasteiger partial charge on any atom is 0.0562 e. The van der Waals surface area contributed by atoms with Crippen LogP contribution >= 0.6 is 0 Å². The molecular weight excluding hydrogens is 260 g/mol. The highest BCUT2D eigenvalue weighted by Gasteiger charge is 2.26. The van der Waals surface area contributed by atoms with Gasteiger partial charge in [0.25, 0.3) is 0 Å². The van der Waals surface area contributed by atoms with Gasteiger partial charge in [0.15, 0.2) is 0 Å². The summed E-state index contributed by atoms with van der Waals surface area (Å²) in [5.41, 5.74) is 2.53. The molecule has 4 heteroatoms. The molecule has 21 heavy (non-hydrogen) atoms. The van der Waals surface area contributed by atoms with Crippen LogP contribution in [0.15, 0.2) is 18.3 Å². The molecule has 0 aromatic carbocycles. The maximum atomic E-state index is 4.50. The Morgan fingerprint density at radius 3 is 2.62 bits per heavy atom. The van der Waals surface area contributed by atoms with Crippen LogP contribution in [0.25, 0.3) is 0 Å². The SMILES string of the molecule is c1cc(N2CCN(CC3CC3)CC2)cc(CNC2CC2)n1. The summed E-state index contributed by atoms with van der Waals surface area (Å²) in [6.07, 6.45) is 7.56. The van der Waals surface area contributed by atoms with Gasteiger partial charge in [-0.1, -0.05) is 0 Å². The Morgan fingerprint density at radius 2 is 1.90 bits per heavy atom. The predicted octanol–water partition coefficient (Wildman–Crippen LogP) is 1.87. The molecule has 114 valence electrons. The van der Waals surface area contributed by atoms with Crippen molar-refractivity contribution in [3.8, 4) is 0 Å². The van der Waals surface area contributed by atoms with Crippen molar-refractivity contribution in [3.05, 3.63) is 24.0 Å². The van der Waals surface area contributed by atoms with Crippen molar-refractivity contribution < 1.29 is 0 Å². The van der Waals surface area contributed by atoms with Gasteiger partial charge in [-0.05, 0) is 43.7 Å². The van der Waals surface area contributed by atoms with Gasteiger partial charge in [-0.2, -0.15) is 0 Å². The fourth-order valence-corrected chi connectivity index (χ4v) is 3.15. The number of piperazine rings is 1. The Morgan fingerprint density at radius 1 is 1.10 bits per heavy atom. The predicted molar refractivity (Wildman–Crippen MR) is 85.5 cm³/mol. The molecule has 0 amide bonds. The van der Waals surface area contributed by atoms with Gasteiger partial charge >= 0.3 is 0 Å². The van der Waals surface area contributed by atoms with Crippen LogP contribution in [0, 0.1) is 5.92 Å². The molecule has 1 aliphatic heterocycles. The number of pyridine rings is 1. The quantitative estimate of drug-likeness (QED) is 0.865. The van der Waals surface area contributed by atoms with E-state index in [1.807, 2.05) is 6.20 Å². The number of nitrogens with one attached hydrogen (secondary N) is 1. The summed E-state index contributed by atoms with van der Waals surface area (Å²) in [5.74, 6) is 1.01. The maximum absolute atomic E-state index is 4.50. The van der Waals surface area contributed by atoms with Crippen LogP contribution in [-0.2, 0) is 6.54 Å². The smallest absolute Gasteiger partial charge is 0.0562 e. The van der Waals surface area contributed by atoms with E-state index in [4.69, 9.17) is 0 Å². The third kappa shape index (κ3) is 3.74. The normalized spacial score (nSPS) is 23.5. The minimum Gasteiger partial charge on any atom is -0.369 e. The lowest BCUT2D eigenvalue weighted by Gasteiger charge is -2.36. The topological polar surface area (TPSA) is 31.4 Å². The lowest BCUT2D eigenvalue weighted by molar-refractivity contribution is 0.248. The van der Waals surface area contributed by atoms with E-state index in [2.05, 4.69) is 32.2 Å². The lowest BCUT2D eigenvalue weighted by atomic mass is 10.2. The molecule has 2 aliphatic carbocycles. The monoisotopic (exact) mass is 286 g/mol. The molecule has 2 saturated carbocycles. The largest absolute Gasteiger partial charge is 0.369 e. The molecule has 3 fully saturated rings.